The van der Waals surface area contributed by atoms with E-state index in [-0.39, 0.29) is 18.2 Å². The molecule has 1 N–H and O–H groups in total. The minimum absolute atomic E-state index is 0.166. The van der Waals surface area contributed by atoms with Gasteiger partial charge in [-0.05, 0) is 43.7 Å². The van der Waals surface area contributed by atoms with Crippen LogP contribution < -0.4 is 10.2 Å². The lowest BCUT2D eigenvalue weighted by Crippen LogP contribution is -2.34. The summed E-state index contributed by atoms with van der Waals surface area (Å²) in [6.45, 7) is 3.95. The zero-order valence-corrected chi connectivity index (χ0v) is 12.7. The molecule has 3 rings (SSSR count). The summed E-state index contributed by atoms with van der Waals surface area (Å²) in [6.07, 6.45) is 0.181. The van der Waals surface area contributed by atoms with E-state index in [0.717, 1.165) is 16.8 Å². The summed E-state index contributed by atoms with van der Waals surface area (Å²) in [5.41, 5.74) is 3.67. The van der Waals surface area contributed by atoms with Crippen LogP contribution in [0.25, 0.3) is 0 Å². The van der Waals surface area contributed by atoms with Crippen molar-refractivity contribution in [1.82, 2.24) is 0 Å². The molecule has 1 saturated heterocycles. The monoisotopic (exact) mass is 294 g/mol. The normalized spacial score (nSPS) is 17.9. The first kappa shape index (κ1) is 14.3. The van der Waals surface area contributed by atoms with Gasteiger partial charge in [0.25, 0.3) is 5.91 Å². The lowest BCUT2D eigenvalue weighted by Gasteiger charge is -2.16. The molecular weight excluding hydrogens is 276 g/mol. The van der Waals surface area contributed by atoms with Crippen molar-refractivity contribution in [3.05, 3.63) is 59.7 Å². The lowest BCUT2D eigenvalue weighted by atomic mass is 10.2. The van der Waals surface area contributed by atoms with Gasteiger partial charge in [-0.2, -0.15) is 0 Å². The van der Waals surface area contributed by atoms with Gasteiger partial charge in [0.05, 0.1) is 12.1 Å². The van der Waals surface area contributed by atoms with Crippen LogP contribution in [0.4, 0.5) is 11.4 Å². The lowest BCUT2D eigenvalue weighted by molar-refractivity contribution is -0.121. The third-order valence-corrected chi connectivity index (χ3v) is 3.80. The second kappa shape index (κ2) is 5.64. The molecule has 1 heterocycles. The van der Waals surface area contributed by atoms with E-state index in [1.165, 1.54) is 4.90 Å². The minimum atomic E-state index is -0.504. The smallest absolute Gasteiger partial charge is 0.256 e. The number of nitrogens with one attached hydrogen (secondary N) is 1. The third-order valence-electron chi connectivity index (χ3n) is 3.80. The number of nitrogens with zero attached hydrogens (tertiary/aromatic N) is 1. The fourth-order valence-corrected chi connectivity index (χ4v) is 2.63. The molecule has 0 unspecified atom stereocenters. The summed E-state index contributed by atoms with van der Waals surface area (Å²) in [7, 11) is 0. The molecule has 0 aromatic heterocycles. The van der Waals surface area contributed by atoms with Crippen molar-refractivity contribution >= 4 is 23.2 Å². The van der Waals surface area contributed by atoms with Gasteiger partial charge < -0.3 is 5.32 Å². The average molecular weight is 294 g/mol. The van der Waals surface area contributed by atoms with Crippen molar-refractivity contribution < 1.29 is 9.59 Å². The molecule has 1 aliphatic rings. The molecule has 2 aromatic rings. The summed E-state index contributed by atoms with van der Waals surface area (Å²) < 4.78 is 0. The predicted octanol–water partition coefficient (Wildman–Crippen LogP) is 3.05. The van der Waals surface area contributed by atoms with Crippen LogP contribution in [-0.4, -0.2) is 17.9 Å². The fraction of sp³-hybridized carbons (Fsp3) is 0.222. The van der Waals surface area contributed by atoms with Gasteiger partial charge in [0.15, 0.2) is 0 Å². The summed E-state index contributed by atoms with van der Waals surface area (Å²) in [5.74, 6) is -0.364. The number of benzene rings is 2. The van der Waals surface area contributed by atoms with Crippen LogP contribution in [0.1, 0.15) is 17.5 Å². The molecule has 0 bridgehead atoms. The van der Waals surface area contributed by atoms with E-state index in [0.29, 0.717) is 5.69 Å². The molecule has 112 valence electrons. The van der Waals surface area contributed by atoms with Crippen molar-refractivity contribution in [2.75, 3.05) is 10.2 Å². The van der Waals surface area contributed by atoms with Gasteiger partial charge in [-0.1, -0.05) is 29.8 Å². The Morgan fingerprint density at radius 3 is 2.41 bits per heavy atom. The average Bonchev–Trinajstić information content (AvgIpc) is 2.76. The molecule has 0 radical (unpaired) electrons. The Kier molecular flexibility index (Phi) is 3.67. The maximum atomic E-state index is 12.5. The number of aryl methyl sites for hydroxylation is 2. The molecule has 22 heavy (non-hydrogen) atoms. The van der Waals surface area contributed by atoms with Crippen LogP contribution in [0.5, 0.6) is 0 Å². The highest BCUT2D eigenvalue weighted by atomic mass is 16.2. The van der Waals surface area contributed by atoms with E-state index < -0.39 is 6.04 Å². The highest BCUT2D eigenvalue weighted by Crippen LogP contribution is 2.25. The zero-order valence-electron chi connectivity index (χ0n) is 12.7. The number of rotatable bonds is 3. The number of carbonyl (C=O) groups is 2. The molecule has 0 aliphatic carbocycles. The highest BCUT2D eigenvalue weighted by Gasteiger charge is 2.39. The fourth-order valence-electron chi connectivity index (χ4n) is 2.63. The highest BCUT2D eigenvalue weighted by molar-refractivity contribution is 6.23. The molecule has 1 fully saturated rings. The molecule has 4 nitrogen and oxygen atoms in total. The van der Waals surface area contributed by atoms with Crippen molar-refractivity contribution in [1.29, 1.82) is 0 Å². The Morgan fingerprint density at radius 1 is 1.00 bits per heavy atom. The van der Waals surface area contributed by atoms with Crippen molar-refractivity contribution in [2.45, 2.75) is 26.3 Å². The van der Waals surface area contributed by atoms with Gasteiger partial charge in [-0.25, -0.2) is 4.90 Å². The minimum Gasteiger partial charge on any atom is -0.373 e. The van der Waals surface area contributed by atoms with Crippen molar-refractivity contribution in [3.63, 3.8) is 0 Å². The second-order valence-corrected chi connectivity index (χ2v) is 5.67. The summed E-state index contributed by atoms with van der Waals surface area (Å²) in [5, 5.41) is 3.15. The van der Waals surface area contributed by atoms with Crippen LogP contribution in [-0.2, 0) is 9.59 Å². The van der Waals surface area contributed by atoms with Gasteiger partial charge in [-0.15, -0.1) is 0 Å². The number of imide groups is 1. The van der Waals surface area contributed by atoms with Gasteiger partial charge in [0.2, 0.25) is 5.91 Å². The van der Waals surface area contributed by atoms with E-state index in [1.807, 2.05) is 56.3 Å². The van der Waals surface area contributed by atoms with Crippen molar-refractivity contribution in [3.8, 4) is 0 Å². The van der Waals surface area contributed by atoms with E-state index in [9.17, 15) is 9.59 Å². The number of amides is 2. The van der Waals surface area contributed by atoms with Crippen LogP contribution in [0, 0.1) is 13.8 Å². The van der Waals surface area contributed by atoms with E-state index in [2.05, 4.69) is 5.32 Å². The molecule has 1 aliphatic heterocycles. The Hall–Kier alpha value is -2.62. The first-order chi connectivity index (χ1) is 10.5. The van der Waals surface area contributed by atoms with Crippen molar-refractivity contribution in [2.24, 2.45) is 0 Å². The topological polar surface area (TPSA) is 49.4 Å². The molecule has 0 saturated carbocycles. The second-order valence-electron chi connectivity index (χ2n) is 5.67. The van der Waals surface area contributed by atoms with Crippen LogP contribution >= 0.6 is 0 Å². The number of carbonyl (C=O) groups excluding carboxylic acids is 2. The van der Waals surface area contributed by atoms with Crippen LogP contribution in [0.15, 0.2) is 48.5 Å². The van der Waals surface area contributed by atoms with Crippen LogP contribution in [0.3, 0.4) is 0 Å². The quantitative estimate of drug-likeness (QED) is 0.885. The maximum absolute atomic E-state index is 12.5. The Balaban J connectivity index is 1.81. The van der Waals surface area contributed by atoms with Gasteiger partial charge in [0, 0.05) is 5.69 Å². The zero-order chi connectivity index (χ0) is 15.7. The summed E-state index contributed by atoms with van der Waals surface area (Å²) >= 11 is 0. The summed E-state index contributed by atoms with van der Waals surface area (Å²) in [6, 6.07) is 14.7. The predicted molar refractivity (Wildman–Crippen MR) is 86.9 cm³/mol. The maximum Gasteiger partial charge on any atom is 0.256 e. The molecular formula is C18H18N2O2. The van der Waals surface area contributed by atoms with Gasteiger partial charge in [0.1, 0.15) is 6.04 Å². The van der Waals surface area contributed by atoms with Crippen LogP contribution in [0.2, 0.25) is 0 Å². The molecule has 4 heteroatoms. The van der Waals surface area contributed by atoms with Gasteiger partial charge >= 0.3 is 0 Å². The number of hydrogen-bond acceptors (Lipinski definition) is 3. The molecule has 1 atom stereocenters. The standard InChI is InChI=1S/C18H18N2O2/c1-12-6-8-14(9-7-12)19-16-11-17(21)20(18(16)22)15-5-3-4-13(2)10-15/h3-10,16,19H,11H2,1-2H3/t16-/m0/s1. The Morgan fingerprint density at radius 2 is 1.73 bits per heavy atom. The Bertz CT molecular complexity index is 722. The molecule has 0 spiro atoms. The molecule has 2 aromatic carbocycles. The van der Waals surface area contributed by atoms with E-state index >= 15 is 0 Å². The largest absolute Gasteiger partial charge is 0.373 e. The number of hydrogen-bond donors (Lipinski definition) is 1. The third kappa shape index (κ3) is 2.72. The SMILES string of the molecule is Cc1ccc(N[C@H]2CC(=O)N(c3cccc(C)c3)C2=O)cc1. The van der Waals surface area contributed by atoms with E-state index in [1.54, 1.807) is 6.07 Å². The first-order valence-corrected chi connectivity index (χ1v) is 7.31. The van der Waals surface area contributed by atoms with Gasteiger partial charge in [-0.3, -0.25) is 9.59 Å². The first-order valence-electron chi connectivity index (χ1n) is 7.31. The number of anilines is 2. The van der Waals surface area contributed by atoms with E-state index in [4.69, 9.17) is 0 Å². The Labute approximate surface area is 129 Å². The summed E-state index contributed by atoms with van der Waals surface area (Å²) in [4.78, 5) is 26.0. The molecule has 2 amide bonds.